The number of phenols is 1. The summed E-state index contributed by atoms with van der Waals surface area (Å²) in [7, 11) is 0. The third-order valence-corrected chi connectivity index (χ3v) is 1.60. The number of nitro groups is 1. The normalized spacial score (nSPS) is 9.71. The highest BCUT2D eigenvalue weighted by molar-refractivity contribution is 5.90. The first-order chi connectivity index (χ1) is 6.50. The first-order valence-electron chi connectivity index (χ1n) is 3.67. The largest absolute Gasteiger partial charge is 0.507 e. The van der Waals surface area contributed by atoms with E-state index in [1.807, 2.05) is 0 Å². The Balaban J connectivity index is 3.00. The Morgan fingerprint density at radius 3 is 2.57 bits per heavy atom. The van der Waals surface area contributed by atoms with Gasteiger partial charge in [0, 0.05) is 10.5 Å². The Kier molecular flexibility index (Phi) is 2.66. The summed E-state index contributed by atoms with van der Waals surface area (Å²) < 4.78 is 0. The topological polar surface area (TPSA) is 101 Å². The van der Waals surface area contributed by atoms with Crippen molar-refractivity contribution in [1.29, 1.82) is 0 Å². The van der Waals surface area contributed by atoms with Crippen LogP contribution in [0.5, 0.6) is 5.75 Å². The molecule has 0 unspecified atom stereocenters. The maximum Gasteiger partial charge on any atom is 0.339 e. The molecule has 0 atom stereocenters. The van der Waals surface area contributed by atoms with Crippen LogP contribution in [0, 0.1) is 10.1 Å². The molecule has 6 nitrogen and oxygen atoms in total. The molecular weight excluding hydrogens is 190 g/mol. The van der Waals surface area contributed by atoms with Gasteiger partial charge in [-0.2, -0.15) is 0 Å². The average molecular weight is 197 g/mol. The lowest BCUT2D eigenvalue weighted by Crippen LogP contribution is -2.01. The molecule has 1 aromatic carbocycles. The lowest BCUT2D eigenvalue weighted by atomic mass is 10.1. The fourth-order valence-electron chi connectivity index (χ4n) is 1.01. The van der Waals surface area contributed by atoms with E-state index < -0.39 is 23.2 Å². The van der Waals surface area contributed by atoms with Gasteiger partial charge >= 0.3 is 5.97 Å². The molecule has 0 aliphatic carbocycles. The van der Waals surface area contributed by atoms with Gasteiger partial charge in [0.1, 0.15) is 11.3 Å². The molecule has 0 aromatic heterocycles. The molecule has 0 radical (unpaired) electrons. The molecule has 0 saturated carbocycles. The molecule has 6 heteroatoms. The molecule has 74 valence electrons. The Bertz CT molecular complexity index is 387. The van der Waals surface area contributed by atoms with Gasteiger partial charge < -0.3 is 10.2 Å². The molecule has 14 heavy (non-hydrogen) atoms. The second-order valence-corrected chi connectivity index (χ2v) is 2.65. The summed E-state index contributed by atoms with van der Waals surface area (Å²) in [6.45, 7) is -0.437. The minimum Gasteiger partial charge on any atom is -0.507 e. The average Bonchev–Trinajstić information content (AvgIpc) is 2.01. The quantitative estimate of drug-likeness (QED) is 0.553. The number of aromatic hydroxyl groups is 1. The Morgan fingerprint density at radius 1 is 1.50 bits per heavy atom. The van der Waals surface area contributed by atoms with Gasteiger partial charge in [-0.25, -0.2) is 4.79 Å². The minimum absolute atomic E-state index is 0.262. The van der Waals surface area contributed by atoms with E-state index in [9.17, 15) is 20.0 Å². The van der Waals surface area contributed by atoms with Gasteiger partial charge in [0.2, 0.25) is 6.54 Å². The van der Waals surface area contributed by atoms with Crippen LogP contribution in [0.2, 0.25) is 0 Å². The molecule has 0 aliphatic heterocycles. The van der Waals surface area contributed by atoms with E-state index in [4.69, 9.17) is 5.11 Å². The Hall–Kier alpha value is -2.11. The number of carboxylic acids is 1. The lowest BCUT2D eigenvalue weighted by molar-refractivity contribution is -0.496. The van der Waals surface area contributed by atoms with Crippen LogP contribution in [0.1, 0.15) is 15.9 Å². The molecule has 0 spiro atoms. The van der Waals surface area contributed by atoms with Crippen LogP contribution in [-0.4, -0.2) is 21.1 Å². The highest BCUT2D eigenvalue weighted by Gasteiger charge is 2.11. The summed E-state index contributed by atoms with van der Waals surface area (Å²) in [6, 6.07) is 3.51. The molecule has 0 bridgehead atoms. The van der Waals surface area contributed by atoms with Crippen LogP contribution < -0.4 is 0 Å². The van der Waals surface area contributed by atoms with E-state index in [2.05, 4.69) is 0 Å². The predicted octanol–water partition coefficient (Wildman–Crippen LogP) is 0.867. The Labute approximate surface area is 78.6 Å². The smallest absolute Gasteiger partial charge is 0.339 e. The number of nitrogens with zero attached hydrogens (tertiary/aromatic N) is 1. The standard InChI is InChI=1S/C8H7NO5/c10-7-3-5(4-9(13)14)1-2-6(7)8(11)12/h1-3,10H,4H2,(H,11,12). The number of aromatic carboxylic acids is 1. The Morgan fingerprint density at radius 2 is 2.14 bits per heavy atom. The molecule has 0 saturated heterocycles. The fourth-order valence-corrected chi connectivity index (χ4v) is 1.01. The summed E-state index contributed by atoms with van der Waals surface area (Å²) in [6.07, 6.45) is 0. The number of hydrogen-bond acceptors (Lipinski definition) is 4. The second-order valence-electron chi connectivity index (χ2n) is 2.65. The third kappa shape index (κ3) is 2.19. The fraction of sp³-hybridized carbons (Fsp3) is 0.125. The van der Waals surface area contributed by atoms with Gasteiger partial charge in [-0.1, -0.05) is 6.07 Å². The van der Waals surface area contributed by atoms with Crippen LogP contribution in [0.3, 0.4) is 0 Å². The molecule has 1 aromatic rings. The van der Waals surface area contributed by atoms with E-state index in [1.54, 1.807) is 0 Å². The molecular formula is C8H7NO5. The molecule has 0 fully saturated rings. The van der Waals surface area contributed by atoms with E-state index in [1.165, 1.54) is 6.07 Å². The zero-order chi connectivity index (χ0) is 10.7. The van der Waals surface area contributed by atoms with Crippen molar-refractivity contribution in [3.05, 3.63) is 39.4 Å². The van der Waals surface area contributed by atoms with Gasteiger partial charge in [0.05, 0.1) is 0 Å². The number of hydrogen-bond donors (Lipinski definition) is 2. The molecule has 0 heterocycles. The summed E-state index contributed by atoms with van der Waals surface area (Å²) in [5, 5.41) is 27.8. The van der Waals surface area contributed by atoms with Crippen LogP contribution >= 0.6 is 0 Å². The van der Waals surface area contributed by atoms with Gasteiger partial charge in [-0.3, -0.25) is 10.1 Å². The molecule has 0 amide bonds. The summed E-state index contributed by atoms with van der Waals surface area (Å²) >= 11 is 0. The van der Waals surface area contributed by atoms with Crippen LogP contribution in [0.15, 0.2) is 18.2 Å². The molecule has 2 N–H and O–H groups in total. The zero-order valence-corrected chi connectivity index (χ0v) is 7.01. The molecule has 0 aliphatic rings. The van der Waals surface area contributed by atoms with Gasteiger partial charge in [0.25, 0.3) is 0 Å². The summed E-state index contributed by atoms with van der Waals surface area (Å²) in [5.41, 5.74) is -0.00500. The van der Waals surface area contributed by atoms with E-state index in [0.29, 0.717) is 0 Å². The van der Waals surface area contributed by atoms with Crippen molar-refractivity contribution in [2.45, 2.75) is 6.54 Å². The van der Waals surface area contributed by atoms with Crippen LogP contribution in [0.4, 0.5) is 0 Å². The van der Waals surface area contributed by atoms with Crippen molar-refractivity contribution in [3.8, 4) is 5.75 Å². The first-order valence-corrected chi connectivity index (χ1v) is 3.67. The highest BCUT2D eigenvalue weighted by Crippen LogP contribution is 2.18. The monoisotopic (exact) mass is 197 g/mol. The van der Waals surface area contributed by atoms with Crippen molar-refractivity contribution in [2.75, 3.05) is 0 Å². The van der Waals surface area contributed by atoms with Crippen molar-refractivity contribution in [3.63, 3.8) is 0 Å². The number of carboxylic acid groups (broad SMARTS) is 1. The molecule has 1 rings (SSSR count). The number of carbonyl (C=O) groups is 1. The van der Waals surface area contributed by atoms with E-state index in [0.717, 1.165) is 12.1 Å². The van der Waals surface area contributed by atoms with Gasteiger partial charge in [-0.15, -0.1) is 0 Å². The van der Waals surface area contributed by atoms with Crippen molar-refractivity contribution in [2.24, 2.45) is 0 Å². The van der Waals surface area contributed by atoms with Crippen LogP contribution in [0.25, 0.3) is 0 Å². The summed E-state index contributed by atoms with van der Waals surface area (Å²) in [5.74, 6) is -1.73. The van der Waals surface area contributed by atoms with E-state index in [-0.39, 0.29) is 11.1 Å². The SMILES string of the molecule is O=C(O)c1ccc(C[N+](=O)[O-])cc1O. The van der Waals surface area contributed by atoms with Gasteiger partial charge in [0.15, 0.2) is 0 Å². The van der Waals surface area contributed by atoms with Crippen molar-refractivity contribution < 1.29 is 19.9 Å². The predicted molar refractivity (Wildman–Crippen MR) is 45.8 cm³/mol. The zero-order valence-electron chi connectivity index (χ0n) is 7.01. The second kappa shape index (κ2) is 3.73. The van der Waals surface area contributed by atoms with Gasteiger partial charge in [-0.05, 0) is 12.1 Å². The number of benzene rings is 1. The number of rotatable bonds is 3. The van der Waals surface area contributed by atoms with Crippen molar-refractivity contribution >= 4 is 5.97 Å². The maximum absolute atomic E-state index is 10.5. The maximum atomic E-state index is 10.5. The van der Waals surface area contributed by atoms with Crippen LogP contribution in [-0.2, 0) is 6.54 Å². The minimum atomic E-state index is -1.27. The van der Waals surface area contributed by atoms with E-state index >= 15 is 0 Å². The highest BCUT2D eigenvalue weighted by atomic mass is 16.6. The third-order valence-electron chi connectivity index (χ3n) is 1.60. The lowest BCUT2D eigenvalue weighted by Gasteiger charge is -2.00. The first kappa shape index (κ1) is 9.97. The van der Waals surface area contributed by atoms with Crippen molar-refractivity contribution in [1.82, 2.24) is 0 Å². The summed E-state index contributed by atoms with van der Waals surface area (Å²) in [4.78, 5) is 20.0.